The third-order valence-electron chi connectivity index (χ3n) is 4.69. The van der Waals surface area contributed by atoms with Gasteiger partial charge in [0.05, 0.1) is 19.1 Å². The van der Waals surface area contributed by atoms with Gasteiger partial charge in [-0.3, -0.25) is 24.0 Å². The predicted octanol–water partition coefficient (Wildman–Crippen LogP) is -2.32. The minimum atomic E-state index is -1.62. The molecule has 178 valence electrons. The summed E-state index contributed by atoms with van der Waals surface area (Å²) in [6, 6.07) is 3.18. The fraction of sp³-hybridized carbons (Fsp3) is 0.350. The first-order valence-electron chi connectivity index (χ1n) is 9.85. The monoisotopic (exact) mass is 463 g/mol. The molecular formula is C20H25N5O8. The highest BCUT2D eigenvalue weighted by Crippen LogP contribution is 2.18. The van der Waals surface area contributed by atoms with Gasteiger partial charge < -0.3 is 42.0 Å². The van der Waals surface area contributed by atoms with Crippen molar-refractivity contribution in [3.63, 3.8) is 0 Å². The third kappa shape index (κ3) is 7.29. The lowest BCUT2D eigenvalue weighted by atomic mass is 10.0. The van der Waals surface area contributed by atoms with Crippen LogP contribution in [0.2, 0.25) is 0 Å². The smallest absolute Gasteiger partial charge is 0.322 e. The molecule has 0 aliphatic carbocycles. The number of rotatable bonds is 12. The van der Waals surface area contributed by atoms with Crippen LogP contribution in [0.15, 0.2) is 30.5 Å². The fourth-order valence-corrected chi connectivity index (χ4v) is 3.05. The Morgan fingerprint density at radius 1 is 0.939 bits per heavy atom. The van der Waals surface area contributed by atoms with Crippen molar-refractivity contribution in [3.05, 3.63) is 36.0 Å². The van der Waals surface area contributed by atoms with Gasteiger partial charge in [-0.05, 0) is 18.1 Å². The van der Waals surface area contributed by atoms with Gasteiger partial charge in [-0.25, -0.2) is 0 Å². The van der Waals surface area contributed by atoms with Crippen LogP contribution >= 0.6 is 0 Å². The number of benzene rings is 1. The van der Waals surface area contributed by atoms with Gasteiger partial charge in [0.2, 0.25) is 17.7 Å². The Kier molecular flexibility index (Phi) is 8.89. The van der Waals surface area contributed by atoms with Crippen molar-refractivity contribution in [2.75, 3.05) is 13.2 Å². The van der Waals surface area contributed by atoms with Crippen LogP contribution in [0.1, 0.15) is 12.0 Å². The number of carbonyl (C=O) groups is 5. The molecule has 0 saturated heterocycles. The topological polar surface area (TPSA) is 224 Å². The number of nitrogens with one attached hydrogen (secondary N) is 4. The Morgan fingerprint density at radius 2 is 1.61 bits per heavy atom. The normalized spacial score (nSPS) is 13.5. The van der Waals surface area contributed by atoms with Crippen LogP contribution in [-0.4, -0.2) is 81.2 Å². The highest BCUT2D eigenvalue weighted by molar-refractivity contribution is 5.95. The van der Waals surface area contributed by atoms with Crippen molar-refractivity contribution in [2.45, 2.75) is 31.0 Å². The summed E-state index contributed by atoms with van der Waals surface area (Å²) in [6.07, 6.45) is 0.999. The Morgan fingerprint density at radius 3 is 2.24 bits per heavy atom. The van der Waals surface area contributed by atoms with E-state index in [9.17, 15) is 29.1 Å². The maximum Gasteiger partial charge on any atom is 0.322 e. The summed E-state index contributed by atoms with van der Waals surface area (Å²) >= 11 is 0. The number of aromatic amines is 1. The number of aliphatic hydroxyl groups excluding tert-OH is 1. The molecule has 0 fully saturated rings. The number of fused-ring (bicyclic) bond motifs is 1. The van der Waals surface area contributed by atoms with E-state index >= 15 is 0 Å². The van der Waals surface area contributed by atoms with E-state index in [1.54, 1.807) is 6.20 Å². The molecule has 2 aromatic rings. The second kappa shape index (κ2) is 11.6. The molecule has 3 unspecified atom stereocenters. The second-order valence-electron chi connectivity index (χ2n) is 7.18. The minimum absolute atomic E-state index is 0.134. The molecule has 33 heavy (non-hydrogen) atoms. The van der Waals surface area contributed by atoms with Gasteiger partial charge in [0.1, 0.15) is 18.6 Å². The number of aliphatic hydroxyl groups is 1. The lowest BCUT2D eigenvalue weighted by Gasteiger charge is -2.22. The molecule has 2 rings (SSSR count). The lowest BCUT2D eigenvalue weighted by molar-refractivity contribution is -0.141. The number of amides is 3. The molecule has 0 aliphatic rings. The fourth-order valence-electron chi connectivity index (χ4n) is 3.05. The first-order valence-corrected chi connectivity index (χ1v) is 9.85. The van der Waals surface area contributed by atoms with Crippen LogP contribution in [-0.2, 0) is 30.4 Å². The Bertz CT molecular complexity index is 1040. The quantitative estimate of drug-likeness (QED) is 0.169. The van der Waals surface area contributed by atoms with Crippen LogP contribution in [0.25, 0.3) is 10.9 Å². The lowest BCUT2D eigenvalue weighted by Crippen LogP contribution is -2.57. The largest absolute Gasteiger partial charge is 0.481 e. The molecule has 3 atom stereocenters. The van der Waals surface area contributed by atoms with Crippen molar-refractivity contribution in [3.8, 4) is 0 Å². The summed E-state index contributed by atoms with van der Waals surface area (Å²) in [4.78, 5) is 61.6. The maximum absolute atomic E-state index is 12.5. The van der Waals surface area contributed by atoms with Gasteiger partial charge in [-0.2, -0.15) is 0 Å². The molecule has 13 heteroatoms. The van der Waals surface area contributed by atoms with Crippen LogP contribution in [0.5, 0.6) is 0 Å². The molecule has 0 saturated carbocycles. The van der Waals surface area contributed by atoms with Gasteiger partial charge >= 0.3 is 11.9 Å². The first-order chi connectivity index (χ1) is 15.6. The van der Waals surface area contributed by atoms with Crippen LogP contribution in [0.3, 0.4) is 0 Å². The van der Waals surface area contributed by atoms with Crippen molar-refractivity contribution in [1.29, 1.82) is 0 Å². The zero-order valence-corrected chi connectivity index (χ0v) is 17.4. The van der Waals surface area contributed by atoms with Gasteiger partial charge in [-0.1, -0.05) is 18.2 Å². The molecule has 1 aromatic heterocycles. The van der Waals surface area contributed by atoms with E-state index in [0.29, 0.717) is 0 Å². The molecule has 0 spiro atoms. The standard InChI is InChI=1S/C20H25N5O8/c21-12(5-10-7-22-13-4-2-1-3-11(10)13)18(31)25-15(9-26)20(33)24-14(6-16(27)28)19(32)23-8-17(29)30/h1-4,7,12,14-15,22,26H,5-6,8-9,21H2,(H,23,32)(H,24,33)(H,25,31)(H,27,28)(H,29,30). The highest BCUT2D eigenvalue weighted by Gasteiger charge is 2.29. The number of para-hydroxylation sites is 1. The van der Waals surface area contributed by atoms with Crippen molar-refractivity contribution in [2.24, 2.45) is 5.73 Å². The number of hydrogen-bond donors (Lipinski definition) is 8. The van der Waals surface area contributed by atoms with E-state index < -0.39 is 67.4 Å². The molecule has 1 aromatic carbocycles. The summed E-state index contributed by atoms with van der Waals surface area (Å²) in [5.41, 5.74) is 7.58. The number of carboxylic acid groups (broad SMARTS) is 2. The Labute approximate surface area is 187 Å². The summed E-state index contributed by atoms with van der Waals surface area (Å²) < 4.78 is 0. The molecule has 9 N–H and O–H groups in total. The van der Waals surface area contributed by atoms with Crippen molar-refractivity contribution < 1.29 is 39.3 Å². The number of hydrogen-bond acceptors (Lipinski definition) is 7. The number of carbonyl (C=O) groups excluding carboxylic acids is 3. The SMILES string of the molecule is NC(Cc1c[nH]c2ccccc12)C(=O)NC(CO)C(=O)NC(CC(=O)O)C(=O)NCC(=O)O. The van der Waals surface area contributed by atoms with E-state index in [-0.39, 0.29) is 6.42 Å². The Balaban J connectivity index is 2.00. The van der Waals surface area contributed by atoms with Crippen LogP contribution < -0.4 is 21.7 Å². The minimum Gasteiger partial charge on any atom is -0.481 e. The number of carboxylic acids is 2. The van der Waals surface area contributed by atoms with Crippen LogP contribution in [0, 0.1) is 0 Å². The van der Waals surface area contributed by atoms with Gasteiger partial charge in [-0.15, -0.1) is 0 Å². The number of nitrogens with two attached hydrogens (primary N) is 1. The van der Waals surface area contributed by atoms with Crippen molar-refractivity contribution in [1.82, 2.24) is 20.9 Å². The van der Waals surface area contributed by atoms with Gasteiger partial charge in [0.25, 0.3) is 0 Å². The molecule has 13 nitrogen and oxygen atoms in total. The van der Waals surface area contributed by atoms with Crippen LogP contribution in [0.4, 0.5) is 0 Å². The van der Waals surface area contributed by atoms with Crippen molar-refractivity contribution >= 4 is 40.6 Å². The average molecular weight is 463 g/mol. The number of aromatic nitrogens is 1. The highest BCUT2D eigenvalue weighted by atomic mass is 16.4. The van der Waals surface area contributed by atoms with E-state index in [1.807, 2.05) is 29.6 Å². The van der Waals surface area contributed by atoms with E-state index in [4.69, 9.17) is 15.9 Å². The summed E-state index contributed by atoms with van der Waals surface area (Å²) in [5, 5.41) is 34.3. The predicted molar refractivity (Wildman–Crippen MR) is 114 cm³/mol. The number of H-pyrrole nitrogens is 1. The van der Waals surface area contributed by atoms with Gasteiger partial charge in [0.15, 0.2) is 0 Å². The molecule has 3 amide bonds. The zero-order valence-electron chi connectivity index (χ0n) is 17.4. The van der Waals surface area contributed by atoms with E-state index in [2.05, 4.69) is 15.6 Å². The van der Waals surface area contributed by atoms with E-state index in [0.717, 1.165) is 16.5 Å². The Hall–Kier alpha value is -3.97. The third-order valence-corrected chi connectivity index (χ3v) is 4.69. The molecule has 0 radical (unpaired) electrons. The first kappa shape index (κ1) is 25.3. The maximum atomic E-state index is 12.5. The average Bonchev–Trinajstić information content (AvgIpc) is 3.17. The van der Waals surface area contributed by atoms with E-state index in [1.165, 1.54) is 0 Å². The second-order valence-corrected chi connectivity index (χ2v) is 7.18. The molecule has 1 heterocycles. The zero-order chi connectivity index (χ0) is 24.5. The molecular weight excluding hydrogens is 438 g/mol. The summed E-state index contributed by atoms with van der Waals surface area (Å²) in [6.45, 7) is -1.64. The molecule has 0 bridgehead atoms. The summed E-state index contributed by atoms with van der Waals surface area (Å²) in [5.74, 6) is -5.64. The molecule has 0 aliphatic heterocycles. The van der Waals surface area contributed by atoms with Gasteiger partial charge in [0, 0.05) is 17.1 Å². The number of aliphatic carboxylic acids is 2. The summed E-state index contributed by atoms with van der Waals surface area (Å²) in [7, 11) is 0.